The quantitative estimate of drug-likeness (QED) is 0.122. The van der Waals surface area contributed by atoms with Crippen molar-refractivity contribution < 1.29 is 68.9 Å². The van der Waals surface area contributed by atoms with Crippen molar-refractivity contribution in [1.82, 2.24) is 0 Å². The van der Waals surface area contributed by atoms with Crippen molar-refractivity contribution in [3.63, 3.8) is 0 Å². The number of ketones is 1. The van der Waals surface area contributed by atoms with E-state index in [1.165, 1.54) is 0 Å². The van der Waals surface area contributed by atoms with E-state index in [-0.39, 0.29) is 67.2 Å². The summed E-state index contributed by atoms with van der Waals surface area (Å²) in [6.07, 6.45) is -0.429. The summed E-state index contributed by atoms with van der Waals surface area (Å²) >= 11 is 0. The summed E-state index contributed by atoms with van der Waals surface area (Å²) in [4.78, 5) is 16.6. The lowest BCUT2D eigenvalue weighted by atomic mass is 9.81. The lowest BCUT2D eigenvalue weighted by Gasteiger charge is -2.56. The maximum absolute atomic E-state index is 16.5. The van der Waals surface area contributed by atoms with E-state index in [9.17, 15) is 5.11 Å². The summed E-state index contributed by atoms with van der Waals surface area (Å²) in [5.74, 6) is -1.43. The molecule has 8 aliphatic heterocycles. The number of carbonyl (C=O) groups is 1. The second-order valence-electron chi connectivity index (χ2n) is 37.6. The van der Waals surface area contributed by atoms with Crippen molar-refractivity contribution in [2.24, 2.45) is 11.8 Å². The standard InChI is InChI=1S/C76H136O15SSi5/c1-49-43-54-38-41-59-50(2)44-53(83-59)37-35-52(77)36-40-61(89-95(24,25)74(10,11)12)68-70(91-97(28,29)76(16,17)18)69(90-96(26,27)75(13,14)15)67-60(87-68)42-39-55(85-67)45-58(78)71(92(79,80)57-33-31-30-32-34-57)65-63(47-62(84-54)51(49)3)86-64(66(65)81-19)46-56(88-94(22,23)73(7,8)9)48-82-93(20,21)72(4,5)6/h30-34,36,40,49,52-56,59-71,77H,2-3,35,37-39,41-48H2,1,4-29H3/b40-36+/t49-,52?,53+,54+,55-,56+,59+,60+,61+,62-,63+,64-,65+,66+,67+,68+,69+,70-,71?/m1/s1. The smallest absolute Gasteiger partial charge is 0.193 e. The predicted molar refractivity (Wildman–Crippen MR) is 405 cm³/mol. The Hall–Kier alpha value is -1.34. The minimum absolute atomic E-state index is 0.0396. The normalized spacial score (nSPS) is 34.1. The monoisotopic (exact) mass is 1460 g/mol. The highest BCUT2D eigenvalue weighted by Gasteiger charge is 2.61. The van der Waals surface area contributed by atoms with Gasteiger partial charge in [0.05, 0.1) is 84.7 Å². The van der Waals surface area contributed by atoms with Crippen LogP contribution in [0.2, 0.25) is 90.7 Å². The highest BCUT2D eigenvalue weighted by atomic mass is 32.2. The van der Waals surface area contributed by atoms with Crippen LogP contribution in [0.15, 0.2) is 71.7 Å². The summed E-state index contributed by atoms with van der Waals surface area (Å²) in [5.41, 5.74) is 1.94. The molecule has 1 aromatic carbocycles. The molecule has 0 amide bonds. The lowest BCUT2D eigenvalue weighted by Crippen LogP contribution is -2.69. The molecule has 1 N–H and O–H groups in total. The van der Waals surface area contributed by atoms with Gasteiger partial charge in [0, 0.05) is 32.3 Å². The van der Waals surface area contributed by atoms with Gasteiger partial charge in [-0.15, -0.1) is 0 Å². The minimum atomic E-state index is -4.52. The Morgan fingerprint density at radius 2 is 1.08 bits per heavy atom. The van der Waals surface area contributed by atoms with Crippen LogP contribution in [0.25, 0.3) is 0 Å². The Balaban J connectivity index is 1.43. The number of fused-ring (bicyclic) bond motifs is 2. The fraction of sp³-hybridized carbons (Fsp3) is 0.829. The zero-order valence-electron chi connectivity index (χ0n) is 65.5. The topological polar surface area (TPSA) is 173 Å². The predicted octanol–water partition coefficient (Wildman–Crippen LogP) is 17.4. The van der Waals surface area contributed by atoms with E-state index in [4.69, 9.17) is 50.6 Å². The SMILES string of the molecule is C=C1C[C@@H]2CCC(O)/C=C/[C@H](O[Si](C)(C)C(C)(C)C)[C@@H]3O[C@H]4CC[C@H](CC(=O)C(S(=O)(=O)c5ccccc5)[C@@H]5[C@@H](OC)[C@@H](C[C@@H](CO[Si](C)(C)C(C)(C)C)O[Si](C)(C)C(C)(C)C)O[C@H]5C[C@H]5O[C@@H](CC[C@@H]1O2)C[C@@H](C)C5=C)O[C@@H]4[C@H](O[Si](C)(C)C(C)(C)C)[C@@H]3O[Si](C)(C)C(C)(C)C. The molecule has 19 atom stereocenters. The summed E-state index contributed by atoms with van der Waals surface area (Å²) in [5, 5.41) is 9.54. The molecule has 0 spiro atoms. The van der Waals surface area contributed by atoms with Crippen molar-refractivity contribution in [3.8, 4) is 0 Å². The zero-order chi connectivity index (χ0) is 73.0. The zero-order valence-corrected chi connectivity index (χ0v) is 71.3. The van der Waals surface area contributed by atoms with E-state index in [2.05, 4.69) is 189 Å². The van der Waals surface area contributed by atoms with E-state index in [1.54, 1.807) is 37.4 Å². The Kier molecular flexibility index (Phi) is 26.5. The van der Waals surface area contributed by atoms with Crippen LogP contribution in [-0.2, 0) is 65.2 Å². The van der Waals surface area contributed by atoms with E-state index in [0.717, 1.165) is 17.6 Å². The van der Waals surface area contributed by atoms with Gasteiger partial charge in [-0.3, -0.25) is 4.79 Å². The van der Waals surface area contributed by atoms with E-state index >= 15 is 13.2 Å². The molecule has 97 heavy (non-hydrogen) atoms. The molecular weight excluding hydrogens is 1330 g/mol. The number of methoxy groups -OCH3 is 1. The van der Waals surface area contributed by atoms with Gasteiger partial charge >= 0.3 is 0 Å². The van der Waals surface area contributed by atoms with Crippen molar-refractivity contribution >= 4 is 57.2 Å². The molecule has 0 aliphatic carbocycles. The molecule has 0 aromatic heterocycles. The largest absolute Gasteiger partial charge is 0.414 e. The third-order valence-electron chi connectivity index (χ3n) is 25.2. The van der Waals surface area contributed by atoms with Gasteiger partial charge in [0.2, 0.25) is 0 Å². The van der Waals surface area contributed by atoms with Crippen molar-refractivity contribution in [1.29, 1.82) is 0 Å². The fourth-order valence-corrected chi connectivity index (χ4v) is 21.9. The van der Waals surface area contributed by atoms with Crippen LogP contribution in [0, 0.1) is 11.8 Å². The molecular formula is C76H136O15SSi5. The molecule has 8 bridgehead atoms. The number of benzene rings is 1. The maximum Gasteiger partial charge on any atom is 0.193 e. The molecule has 5 fully saturated rings. The highest BCUT2D eigenvalue weighted by molar-refractivity contribution is 7.92. The number of sulfone groups is 1. The molecule has 8 heterocycles. The third-order valence-corrected chi connectivity index (χ3v) is 49.8. The minimum Gasteiger partial charge on any atom is -0.414 e. The van der Waals surface area contributed by atoms with Crippen LogP contribution >= 0.6 is 0 Å². The van der Waals surface area contributed by atoms with Gasteiger partial charge in [-0.2, -0.15) is 0 Å². The Morgan fingerprint density at radius 3 is 1.64 bits per heavy atom. The highest BCUT2D eigenvalue weighted by Crippen LogP contribution is 2.51. The molecule has 9 rings (SSSR count). The number of aliphatic hydroxyl groups excluding tert-OH is 1. The summed E-state index contributed by atoms with van der Waals surface area (Å²) in [7, 11) is -15.7. The Bertz CT molecular complexity index is 2960. The first-order valence-corrected chi connectivity index (χ1v) is 53.0. The van der Waals surface area contributed by atoms with E-state index < -0.39 is 148 Å². The molecule has 2 unspecified atom stereocenters. The number of hydrogen-bond donors (Lipinski definition) is 1. The average Bonchev–Trinajstić information content (AvgIpc) is 1.35. The third kappa shape index (κ3) is 19.6. The Morgan fingerprint density at radius 1 is 0.567 bits per heavy atom. The summed E-state index contributed by atoms with van der Waals surface area (Å²) in [6.45, 7) is 67.7. The molecule has 5 saturated heterocycles. The second-order valence-corrected chi connectivity index (χ2v) is 63.5. The van der Waals surface area contributed by atoms with Crippen LogP contribution in [0.3, 0.4) is 0 Å². The molecule has 0 radical (unpaired) electrons. The maximum atomic E-state index is 16.5. The number of hydrogen-bond acceptors (Lipinski definition) is 15. The first-order valence-electron chi connectivity index (χ1n) is 36.9. The van der Waals surface area contributed by atoms with Crippen molar-refractivity contribution in [3.05, 3.63) is 66.8 Å². The average molecular weight is 1460 g/mol. The second kappa shape index (κ2) is 31.0. The first kappa shape index (κ1) is 82.9. The van der Waals surface area contributed by atoms with Crippen LogP contribution in [0.4, 0.5) is 0 Å². The van der Waals surface area contributed by atoms with Crippen LogP contribution in [-0.4, -0.2) is 178 Å². The molecule has 15 nitrogen and oxygen atoms in total. The number of aliphatic hydroxyl groups is 1. The van der Waals surface area contributed by atoms with Gasteiger partial charge in [-0.1, -0.05) is 154 Å². The number of rotatable bonds is 16. The van der Waals surface area contributed by atoms with Gasteiger partial charge in [0.1, 0.15) is 29.7 Å². The number of ether oxygens (including phenoxy) is 6. The van der Waals surface area contributed by atoms with Gasteiger partial charge in [0.25, 0.3) is 0 Å². The van der Waals surface area contributed by atoms with E-state index in [1.807, 2.05) is 12.2 Å². The summed E-state index contributed by atoms with van der Waals surface area (Å²) in [6, 6.07) is 8.40. The lowest BCUT2D eigenvalue weighted by molar-refractivity contribution is -0.266. The molecule has 556 valence electrons. The fourth-order valence-electron chi connectivity index (χ4n) is 13.7. The van der Waals surface area contributed by atoms with Gasteiger partial charge in [0.15, 0.2) is 57.2 Å². The van der Waals surface area contributed by atoms with Gasteiger partial charge < -0.3 is 55.7 Å². The van der Waals surface area contributed by atoms with Crippen molar-refractivity contribution in [2.75, 3.05) is 13.7 Å². The molecule has 0 saturated carbocycles. The molecule has 1 aromatic rings. The van der Waals surface area contributed by atoms with Crippen LogP contribution in [0.1, 0.15) is 181 Å². The van der Waals surface area contributed by atoms with Crippen LogP contribution in [0.5, 0.6) is 0 Å². The van der Waals surface area contributed by atoms with E-state index in [0.29, 0.717) is 58.0 Å². The Labute approximate surface area is 594 Å². The first-order chi connectivity index (χ1) is 44.2. The number of carbonyl (C=O) groups excluding carboxylic acids is 1. The van der Waals surface area contributed by atoms with Crippen molar-refractivity contribution in [2.45, 2.75) is 380 Å². The van der Waals surface area contributed by atoms with Gasteiger partial charge in [-0.05, 0) is 171 Å². The molecule has 21 heteroatoms. The van der Waals surface area contributed by atoms with Gasteiger partial charge in [-0.25, -0.2) is 8.42 Å². The molecule has 8 aliphatic rings. The van der Waals surface area contributed by atoms with Crippen LogP contribution < -0.4 is 0 Å². The summed E-state index contributed by atoms with van der Waals surface area (Å²) < 4.78 is 114. The number of Topliss-reactive ketones (excluding diaryl/α,β-unsaturated/α-hetero) is 1.